The summed E-state index contributed by atoms with van der Waals surface area (Å²) in [7, 11) is 0. The maximum atomic E-state index is 15.0. The van der Waals surface area contributed by atoms with Gasteiger partial charge in [-0.15, -0.1) is 0 Å². The maximum Gasteiger partial charge on any atom is 0.265 e. The third kappa shape index (κ3) is 3.04. The van der Waals surface area contributed by atoms with Crippen LogP contribution in [0.15, 0.2) is 47.7 Å². The van der Waals surface area contributed by atoms with Crippen molar-refractivity contribution in [2.45, 2.75) is 37.7 Å². The van der Waals surface area contributed by atoms with Crippen LogP contribution >= 0.6 is 11.6 Å². The molecule has 3 aliphatic rings. The van der Waals surface area contributed by atoms with Crippen LogP contribution in [0.3, 0.4) is 0 Å². The van der Waals surface area contributed by atoms with Gasteiger partial charge in [-0.05, 0) is 49.5 Å². The molecule has 0 radical (unpaired) electrons. The van der Waals surface area contributed by atoms with Crippen molar-refractivity contribution in [3.05, 3.63) is 59.2 Å². The number of anilines is 2. The lowest BCUT2D eigenvalue weighted by atomic mass is 9.94. The SMILES string of the molecule is O=C1COc2cc(F)c(N3C(=O)C4=C(CCCC4)C3Cl)cc2N1Cc1ccccn1. The second kappa shape index (κ2) is 7.40. The average molecular weight is 428 g/mol. The van der Waals surface area contributed by atoms with Gasteiger partial charge >= 0.3 is 0 Å². The highest BCUT2D eigenvalue weighted by molar-refractivity contribution is 6.30. The number of nitrogens with zero attached hydrogens (tertiary/aromatic N) is 3. The van der Waals surface area contributed by atoms with E-state index in [0.29, 0.717) is 23.4 Å². The normalized spacial score (nSPS) is 20.9. The third-order valence-electron chi connectivity index (χ3n) is 5.78. The number of amides is 2. The van der Waals surface area contributed by atoms with E-state index >= 15 is 4.39 Å². The van der Waals surface area contributed by atoms with Gasteiger partial charge < -0.3 is 4.74 Å². The lowest BCUT2D eigenvalue weighted by Gasteiger charge is -2.31. The minimum Gasteiger partial charge on any atom is -0.481 e. The number of ether oxygens (including phenoxy) is 1. The molecule has 6 nitrogen and oxygen atoms in total. The smallest absolute Gasteiger partial charge is 0.265 e. The number of pyridine rings is 1. The van der Waals surface area contributed by atoms with Crippen molar-refractivity contribution in [3.8, 4) is 5.75 Å². The van der Waals surface area contributed by atoms with Gasteiger partial charge in [0, 0.05) is 17.8 Å². The highest BCUT2D eigenvalue weighted by Gasteiger charge is 2.41. The van der Waals surface area contributed by atoms with Crippen molar-refractivity contribution < 1.29 is 18.7 Å². The molecule has 2 aromatic rings. The summed E-state index contributed by atoms with van der Waals surface area (Å²) in [6, 6.07) is 8.14. The predicted octanol–water partition coefficient (Wildman–Crippen LogP) is 3.93. The van der Waals surface area contributed by atoms with Crippen LogP contribution in [-0.2, 0) is 16.1 Å². The summed E-state index contributed by atoms with van der Waals surface area (Å²) < 4.78 is 20.5. The lowest BCUT2D eigenvalue weighted by Crippen LogP contribution is -2.39. The van der Waals surface area contributed by atoms with Crippen LogP contribution < -0.4 is 14.5 Å². The Balaban J connectivity index is 1.54. The van der Waals surface area contributed by atoms with Crippen LogP contribution in [0.2, 0.25) is 0 Å². The van der Waals surface area contributed by atoms with Crippen LogP contribution in [0.5, 0.6) is 5.75 Å². The number of benzene rings is 1. The summed E-state index contributed by atoms with van der Waals surface area (Å²) in [6.45, 7) is 0.0311. The zero-order valence-electron chi connectivity index (χ0n) is 16.1. The second-order valence-corrected chi connectivity index (χ2v) is 8.00. The lowest BCUT2D eigenvalue weighted by molar-refractivity contribution is -0.121. The molecule has 1 atom stereocenters. The highest BCUT2D eigenvalue weighted by Crippen LogP contribution is 2.44. The fraction of sp³-hybridized carbons (Fsp3) is 0.318. The van der Waals surface area contributed by atoms with Crippen molar-refractivity contribution in [1.82, 2.24) is 4.98 Å². The Morgan fingerprint density at radius 1 is 1.17 bits per heavy atom. The van der Waals surface area contributed by atoms with E-state index in [9.17, 15) is 9.59 Å². The molecule has 0 saturated heterocycles. The molecule has 0 spiro atoms. The largest absolute Gasteiger partial charge is 0.481 e. The van der Waals surface area contributed by atoms with E-state index < -0.39 is 11.3 Å². The molecule has 30 heavy (non-hydrogen) atoms. The number of hydrogen-bond acceptors (Lipinski definition) is 4. The molecule has 0 N–H and O–H groups in total. The van der Waals surface area contributed by atoms with E-state index in [1.165, 1.54) is 21.9 Å². The van der Waals surface area contributed by atoms with Gasteiger partial charge in [-0.2, -0.15) is 0 Å². The topological polar surface area (TPSA) is 62.7 Å². The van der Waals surface area contributed by atoms with E-state index in [1.54, 1.807) is 12.3 Å². The van der Waals surface area contributed by atoms with Gasteiger partial charge in [0.15, 0.2) is 12.4 Å². The summed E-state index contributed by atoms with van der Waals surface area (Å²) in [5.41, 5.74) is 1.99. The van der Waals surface area contributed by atoms with Crippen LogP contribution in [0.25, 0.3) is 0 Å². The molecule has 2 amide bonds. The van der Waals surface area contributed by atoms with E-state index in [2.05, 4.69) is 4.98 Å². The number of hydrogen-bond donors (Lipinski definition) is 0. The molecular weight excluding hydrogens is 409 g/mol. The number of alkyl halides is 1. The molecule has 154 valence electrons. The fourth-order valence-electron chi connectivity index (χ4n) is 4.29. The zero-order chi connectivity index (χ0) is 20.8. The number of carbonyl (C=O) groups excluding carboxylic acids is 2. The van der Waals surface area contributed by atoms with Gasteiger partial charge in [0.1, 0.15) is 11.3 Å². The monoisotopic (exact) mass is 427 g/mol. The van der Waals surface area contributed by atoms with E-state index in [4.69, 9.17) is 16.3 Å². The van der Waals surface area contributed by atoms with Gasteiger partial charge in [-0.1, -0.05) is 17.7 Å². The molecule has 3 heterocycles. The number of aromatic nitrogens is 1. The van der Waals surface area contributed by atoms with Gasteiger partial charge in [0.25, 0.3) is 11.8 Å². The first-order valence-corrected chi connectivity index (χ1v) is 10.3. The van der Waals surface area contributed by atoms with Gasteiger partial charge in [0.05, 0.1) is 23.6 Å². The maximum absolute atomic E-state index is 15.0. The van der Waals surface area contributed by atoms with Crippen molar-refractivity contribution in [2.24, 2.45) is 0 Å². The molecule has 1 aromatic carbocycles. The molecular formula is C22H19ClFN3O3. The van der Waals surface area contributed by atoms with E-state index in [0.717, 1.165) is 24.8 Å². The molecule has 1 unspecified atom stereocenters. The van der Waals surface area contributed by atoms with Crippen LogP contribution in [-0.4, -0.2) is 28.9 Å². The first-order chi connectivity index (χ1) is 14.5. The average Bonchev–Trinajstić information content (AvgIpc) is 3.01. The van der Waals surface area contributed by atoms with Gasteiger partial charge in [-0.25, -0.2) is 4.39 Å². The Morgan fingerprint density at radius 3 is 2.77 bits per heavy atom. The van der Waals surface area contributed by atoms with E-state index in [-0.39, 0.29) is 36.4 Å². The summed E-state index contributed by atoms with van der Waals surface area (Å²) in [4.78, 5) is 32.6. The summed E-state index contributed by atoms with van der Waals surface area (Å²) in [5, 5.41) is 0. The Kier molecular flexibility index (Phi) is 4.70. The molecule has 5 rings (SSSR count). The first-order valence-electron chi connectivity index (χ1n) is 9.91. The zero-order valence-corrected chi connectivity index (χ0v) is 16.9. The molecule has 1 aromatic heterocycles. The Bertz CT molecular complexity index is 1070. The second-order valence-electron chi connectivity index (χ2n) is 7.58. The first kappa shape index (κ1) is 19.1. The Morgan fingerprint density at radius 2 is 2.00 bits per heavy atom. The van der Waals surface area contributed by atoms with Crippen LogP contribution in [0, 0.1) is 5.82 Å². The molecule has 0 bridgehead atoms. The summed E-state index contributed by atoms with van der Waals surface area (Å²) in [6.07, 6.45) is 4.94. The van der Waals surface area contributed by atoms with Crippen LogP contribution in [0.4, 0.5) is 15.8 Å². The molecule has 0 fully saturated rings. The van der Waals surface area contributed by atoms with Gasteiger partial charge in [-0.3, -0.25) is 24.4 Å². The van der Waals surface area contributed by atoms with Crippen molar-refractivity contribution in [3.63, 3.8) is 0 Å². The van der Waals surface area contributed by atoms with Crippen LogP contribution in [0.1, 0.15) is 31.4 Å². The number of fused-ring (bicyclic) bond motifs is 1. The minimum absolute atomic E-state index is 0.0532. The Hall–Kier alpha value is -2.93. The molecule has 8 heteroatoms. The number of halogens is 2. The summed E-state index contributed by atoms with van der Waals surface area (Å²) >= 11 is 6.59. The molecule has 1 aliphatic carbocycles. The predicted molar refractivity (Wildman–Crippen MR) is 110 cm³/mol. The minimum atomic E-state index is -0.718. The quantitative estimate of drug-likeness (QED) is 0.550. The highest BCUT2D eigenvalue weighted by atomic mass is 35.5. The third-order valence-corrected chi connectivity index (χ3v) is 6.24. The van der Waals surface area contributed by atoms with Crippen molar-refractivity contribution in [2.75, 3.05) is 16.4 Å². The molecule has 0 saturated carbocycles. The number of carbonyl (C=O) groups is 2. The fourth-order valence-corrected chi connectivity index (χ4v) is 4.73. The van der Waals surface area contributed by atoms with Gasteiger partial charge in [0.2, 0.25) is 0 Å². The summed E-state index contributed by atoms with van der Waals surface area (Å²) in [5.74, 6) is -0.886. The molecule has 2 aliphatic heterocycles. The van der Waals surface area contributed by atoms with Crippen molar-refractivity contribution in [1.29, 1.82) is 0 Å². The Labute approximate surface area is 177 Å². The standard InChI is InChI=1S/C22H19ClFN3O3/c23-21-14-6-1-2-7-15(14)22(29)27(21)17-10-18-19(9-16(17)24)30-12-20(28)26(18)11-13-5-3-4-8-25-13/h3-5,8-10,21H,1-2,6-7,11-12H2. The number of rotatable bonds is 3. The van der Waals surface area contributed by atoms with E-state index in [1.807, 2.05) is 12.1 Å². The van der Waals surface area contributed by atoms with Crippen molar-refractivity contribution >= 4 is 34.8 Å².